The summed E-state index contributed by atoms with van der Waals surface area (Å²) in [6.07, 6.45) is 0. The number of aliphatic hydroxyl groups is 1. The monoisotopic (exact) mass is 638 g/mol. The maximum absolute atomic E-state index is 13.7. The number of rotatable bonds is 2. The van der Waals surface area contributed by atoms with Crippen LogP contribution in [0.2, 0.25) is 5.02 Å². The number of hydrogen-bond acceptors (Lipinski definition) is 2. The minimum absolute atomic E-state index is 0.588. The zero-order valence-electron chi connectivity index (χ0n) is 25.2. The van der Waals surface area contributed by atoms with Crippen LogP contribution in [0.25, 0.3) is 42.4 Å². The van der Waals surface area contributed by atoms with Crippen molar-refractivity contribution in [2.75, 3.05) is 0 Å². The summed E-state index contributed by atoms with van der Waals surface area (Å²) in [6, 6.07) is 55.5. The van der Waals surface area contributed by atoms with Gasteiger partial charge in [0, 0.05) is 36.3 Å². The molecule has 1 spiro atoms. The van der Waals surface area contributed by atoms with Gasteiger partial charge in [0.05, 0.1) is 5.41 Å². The fourth-order valence-electron chi connectivity index (χ4n) is 8.73. The molecule has 1 heterocycles. The Morgan fingerprint density at radius 3 is 1.55 bits per heavy atom. The van der Waals surface area contributed by atoms with E-state index in [1.54, 1.807) is 11.3 Å². The van der Waals surface area contributed by atoms with Crippen LogP contribution in [0.4, 0.5) is 0 Å². The molecule has 0 saturated carbocycles. The lowest BCUT2D eigenvalue weighted by Crippen LogP contribution is -2.44. The van der Waals surface area contributed by atoms with E-state index in [4.69, 9.17) is 11.6 Å². The Morgan fingerprint density at radius 1 is 0.426 bits per heavy atom. The molecule has 222 valence electrons. The molecule has 2 aliphatic rings. The highest BCUT2D eigenvalue weighted by Gasteiger charge is 2.56. The first kappa shape index (κ1) is 27.2. The number of thiophene rings is 1. The van der Waals surface area contributed by atoms with Crippen molar-refractivity contribution >= 4 is 43.1 Å². The van der Waals surface area contributed by atoms with Crippen LogP contribution < -0.4 is 0 Å². The predicted octanol–water partition coefficient (Wildman–Crippen LogP) is 11.3. The van der Waals surface area contributed by atoms with Crippen molar-refractivity contribution in [3.05, 3.63) is 202 Å². The van der Waals surface area contributed by atoms with Gasteiger partial charge < -0.3 is 5.11 Å². The predicted molar refractivity (Wildman–Crippen MR) is 196 cm³/mol. The minimum Gasteiger partial charge on any atom is -0.376 e. The van der Waals surface area contributed by atoms with Gasteiger partial charge >= 0.3 is 0 Å². The molecule has 0 saturated heterocycles. The fourth-order valence-corrected chi connectivity index (χ4v) is 10.1. The van der Waals surface area contributed by atoms with E-state index in [1.165, 1.54) is 42.4 Å². The summed E-state index contributed by atoms with van der Waals surface area (Å²) in [6.45, 7) is 0. The van der Waals surface area contributed by atoms with Gasteiger partial charge in [0.1, 0.15) is 5.60 Å². The van der Waals surface area contributed by atoms with Gasteiger partial charge in [-0.25, -0.2) is 0 Å². The van der Waals surface area contributed by atoms with Crippen molar-refractivity contribution in [1.82, 2.24) is 0 Å². The molecule has 0 unspecified atom stereocenters. The van der Waals surface area contributed by atoms with Crippen molar-refractivity contribution in [3.8, 4) is 22.3 Å². The highest BCUT2D eigenvalue weighted by molar-refractivity contribution is 7.25. The van der Waals surface area contributed by atoms with Crippen LogP contribution in [0.5, 0.6) is 0 Å². The lowest BCUT2D eigenvalue weighted by Gasteiger charge is -2.47. The lowest BCUT2D eigenvalue weighted by atomic mass is 9.56. The fraction of sp³-hybridized carbons (Fsp3) is 0.0455. The quantitative estimate of drug-likeness (QED) is 0.200. The molecule has 0 bridgehead atoms. The van der Waals surface area contributed by atoms with Gasteiger partial charge in [-0.2, -0.15) is 0 Å². The van der Waals surface area contributed by atoms with Crippen molar-refractivity contribution < 1.29 is 5.11 Å². The summed E-state index contributed by atoms with van der Waals surface area (Å²) in [5.41, 5.74) is 9.46. The van der Waals surface area contributed by atoms with Crippen LogP contribution in [0.15, 0.2) is 158 Å². The van der Waals surface area contributed by atoms with Crippen LogP contribution in [-0.4, -0.2) is 5.11 Å². The first-order valence-corrected chi connectivity index (χ1v) is 17.1. The van der Waals surface area contributed by atoms with Gasteiger partial charge in [0.25, 0.3) is 0 Å². The second kappa shape index (κ2) is 9.76. The number of hydrogen-bond donors (Lipinski definition) is 1. The first-order valence-electron chi connectivity index (χ1n) is 15.9. The zero-order chi connectivity index (χ0) is 31.3. The van der Waals surface area contributed by atoms with E-state index in [0.29, 0.717) is 5.02 Å². The summed E-state index contributed by atoms with van der Waals surface area (Å²) >= 11 is 9.05. The van der Waals surface area contributed by atoms with E-state index in [0.717, 1.165) is 38.9 Å². The molecule has 2 aliphatic carbocycles. The second-order valence-corrected chi connectivity index (χ2v) is 14.1. The van der Waals surface area contributed by atoms with E-state index in [9.17, 15) is 5.11 Å². The van der Waals surface area contributed by atoms with Crippen LogP contribution in [0.1, 0.15) is 38.9 Å². The number of benzene rings is 7. The maximum atomic E-state index is 13.7. The molecule has 7 aromatic carbocycles. The van der Waals surface area contributed by atoms with Gasteiger partial charge in [-0.15, -0.1) is 11.3 Å². The molecular weight excluding hydrogens is 612 g/mol. The van der Waals surface area contributed by atoms with Crippen LogP contribution in [0.3, 0.4) is 0 Å². The summed E-state index contributed by atoms with van der Waals surface area (Å²) < 4.78 is 2.43. The number of halogens is 1. The Balaban J connectivity index is 1.34. The van der Waals surface area contributed by atoms with Crippen LogP contribution in [-0.2, 0) is 11.0 Å². The Labute approximate surface area is 282 Å². The molecule has 0 aliphatic heterocycles. The van der Waals surface area contributed by atoms with E-state index in [2.05, 4.69) is 146 Å². The number of fused-ring (bicyclic) bond motifs is 12. The Hall–Kier alpha value is -4.99. The third-order valence-corrected chi connectivity index (χ3v) is 11.9. The van der Waals surface area contributed by atoms with Crippen molar-refractivity contribution in [2.45, 2.75) is 11.0 Å². The summed E-state index contributed by atoms with van der Waals surface area (Å²) in [5.74, 6) is 0. The molecular formula is C44H27ClOS. The Kier molecular flexibility index (Phi) is 5.64. The lowest BCUT2D eigenvalue weighted by molar-refractivity contribution is 0.119. The summed E-state index contributed by atoms with van der Waals surface area (Å²) in [4.78, 5) is 0. The summed E-state index contributed by atoms with van der Waals surface area (Å²) in [7, 11) is 0. The average molecular weight is 639 g/mol. The van der Waals surface area contributed by atoms with E-state index in [1.807, 2.05) is 12.1 Å². The topological polar surface area (TPSA) is 20.2 Å². The molecule has 0 radical (unpaired) electrons. The average Bonchev–Trinajstić information content (AvgIpc) is 3.65. The molecule has 0 atom stereocenters. The largest absolute Gasteiger partial charge is 0.376 e. The molecule has 3 heteroatoms. The zero-order valence-corrected chi connectivity index (χ0v) is 26.8. The SMILES string of the molecule is OC1(c2cccc(Cl)c2-c2cccc3sc4ccccc4c23)c2ccccc2C2(c3ccccc3-c3ccccc32)c2ccccc21. The Bertz CT molecular complexity index is 2480. The van der Waals surface area contributed by atoms with E-state index >= 15 is 0 Å². The normalized spacial score (nSPS) is 14.9. The minimum atomic E-state index is -1.49. The summed E-state index contributed by atoms with van der Waals surface area (Å²) in [5, 5.41) is 16.7. The molecule has 1 nitrogen and oxygen atoms in total. The van der Waals surface area contributed by atoms with Gasteiger partial charge in [-0.05, 0) is 68.3 Å². The smallest absolute Gasteiger partial charge is 0.141 e. The van der Waals surface area contributed by atoms with Gasteiger partial charge in [0.2, 0.25) is 0 Å². The van der Waals surface area contributed by atoms with Gasteiger partial charge in [-0.1, -0.05) is 151 Å². The molecule has 8 aromatic rings. The van der Waals surface area contributed by atoms with Gasteiger partial charge in [-0.3, -0.25) is 0 Å². The third-order valence-electron chi connectivity index (χ3n) is 10.5. The molecule has 10 rings (SSSR count). The standard InChI is InChI=1S/C44H27ClOS/c45-38-24-12-23-37(42(38)30-16-11-26-40-41(30)29-15-3-10-25-39(29)47-40)44(46)35-21-8-6-19-33(35)43(34-20-7-9-22-36(34)44)31-17-4-1-13-27(31)28-14-2-5-18-32(28)43/h1-26,46H. The van der Waals surface area contributed by atoms with Gasteiger partial charge in [0.15, 0.2) is 0 Å². The first-order chi connectivity index (χ1) is 23.1. The highest BCUT2D eigenvalue weighted by Crippen LogP contribution is 2.63. The Morgan fingerprint density at radius 2 is 0.894 bits per heavy atom. The molecule has 1 N–H and O–H groups in total. The molecule has 1 aromatic heterocycles. The highest BCUT2D eigenvalue weighted by atomic mass is 35.5. The molecule has 0 amide bonds. The van der Waals surface area contributed by atoms with E-state index in [-0.39, 0.29) is 0 Å². The van der Waals surface area contributed by atoms with Crippen LogP contribution >= 0.6 is 22.9 Å². The van der Waals surface area contributed by atoms with Crippen molar-refractivity contribution in [2.24, 2.45) is 0 Å². The van der Waals surface area contributed by atoms with E-state index < -0.39 is 11.0 Å². The maximum Gasteiger partial charge on any atom is 0.141 e. The van der Waals surface area contributed by atoms with Crippen molar-refractivity contribution in [3.63, 3.8) is 0 Å². The molecule has 47 heavy (non-hydrogen) atoms. The van der Waals surface area contributed by atoms with Crippen molar-refractivity contribution in [1.29, 1.82) is 0 Å². The third kappa shape index (κ3) is 3.37. The molecule has 0 fully saturated rings. The van der Waals surface area contributed by atoms with Crippen LogP contribution in [0, 0.1) is 0 Å². The second-order valence-electron chi connectivity index (χ2n) is 12.6.